The first-order valence-corrected chi connectivity index (χ1v) is 4.85. The van der Waals surface area contributed by atoms with E-state index < -0.39 is 0 Å². The highest BCUT2D eigenvalue weighted by Crippen LogP contribution is 2.22. The summed E-state index contributed by atoms with van der Waals surface area (Å²) < 4.78 is 6.61. The van der Waals surface area contributed by atoms with Crippen molar-refractivity contribution in [1.82, 2.24) is 9.78 Å². The molecule has 4 nitrogen and oxygen atoms in total. The highest BCUT2D eigenvalue weighted by Gasteiger charge is 2.23. The van der Waals surface area contributed by atoms with E-state index in [9.17, 15) is 4.79 Å². The lowest BCUT2D eigenvalue weighted by Gasteiger charge is -2.20. The summed E-state index contributed by atoms with van der Waals surface area (Å²) in [6, 6.07) is 0. The van der Waals surface area contributed by atoms with E-state index in [-0.39, 0.29) is 5.97 Å². The van der Waals surface area contributed by atoms with Crippen LogP contribution in [0.2, 0.25) is 0 Å². The Morgan fingerprint density at radius 1 is 1.71 bits per heavy atom. The van der Waals surface area contributed by atoms with Gasteiger partial charge in [0.25, 0.3) is 0 Å². The van der Waals surface area contributed by atoms with Crippen LogP contribution < -0.4 is 0 Å². The Morgan fingerprint density at radius 2 is 2.50 bits per heavy atom. The predicted molar refractivity (Wildman–Crippen MR) is 51.1 cm³/mol. The van der Waals surface area contributed by atoms with Crippen LogP contribution in [0.3, 0.4) is 0 Å². The molecule has 0 bridgehead atoms. The Kier molecular flexibility index (Phi) is 2.27. The van der Waals surface area contributed by atoms with Gasteiger partial charge in [-0.15, -0.1) is 0 Å². The van der Waals surface area contributed by atoms with Crippen LogP contribution in [0.1, 0.15) is 29.4 Å². The first-order valence-electron chi connectivity index (χ1n) is 4.85. The van der Waals surface area contributed by atoms with Crippen molar-refractivity contribution in [2.45, 2.75) is 26.3 Å². The molecule has 4 heteroatoms. The van der Waals surface area contributed by atoms with Gasteiger partial charge in [-0.05, 0) is 18.8 Å². The number of ether oxygens (including phenoxy) is 1. The fraction of sp³-hybridized carbons (Fsp3) is 0.600. The Morgan fingerprint density at radius 3 is 3.21 bits per heavy atom. The minimum absolute atomic E-state index is 0.277. The minimum Gasteiger partial charge on any atom is -0.465 e. The molecule has 1 aromatic heterocycles. The van der Waals surface area contributed by atoms with Gasteiger partial charge in [0.15, 0.2) is 0 Å². The number of hydrogen-bond donors (Lipinski definition) is 0. The maximum absolute atomic E-state index is 11.4. The van der Waals surface area contributed by atoms with Crippen LogP contribution in [0.4, 0.5) is 0 Å². The topological polar surface area (TPSA) is 44.1 Å². The third-order valence-corrected chi connectivity index (χ3v) is 2.73. The monoisotopic (exact) mass is 194 g/mol. The number of carbonyl (C=O) groups is 1. The van der Waals surface area contributed by atoms with Gasteiger partial charge in [-0.25, -0.2) is 4.79 Å². The number of rotatable bonds is 1. The van der Waals surface area contributed by atoms with Gasteiger partial charge in [-0.1, -0.05) is 6.92 Å². The molecular formula is C10H14N2O2. The van der Waals surface area contributed by atoms with Crippen molar-refractivity contribution in [2.24, 2.45) is 5.92 Å². The van der Waals surface area contributed by atoms with Crippen molar-refractivity contribution < 1.29 is 9.53 Å². The quantitative estimate of drug-likeness (QED) is 0.632. The van der Waals surface area contributed by atoms with E-state index in [1.54, 1.807) is 6.20 Å². The molecule has 1 aliphatic heterocycles. The van der Waals surface area contributed by atoms with E-state index in [0.717, 1.165) is 25.1 Å². The Hall–Kier alpha value is -1.32. The summed E-state index contributed by atoms with van der Waals surface area (Å²) in [5, 5.41) is 4.18. The molecule has 0 saturated heterocycles. The molecule has 76 valence electrons. The maximum Gasteiger partial charge on any atom is 0.341 e. The first kappa shape index (κ1) is 9.24. The Bertz CT molecular complexity index is 357. The molecule has 2 rings (SSSR count). The molecule has 0 aliphatic carbocycles. The normalized spacial score (nSPS) is 20.3. The highest BCUT2D eigenvalue weighted by molar-refractivity contribution is 5.90. The van der Waals surface area contributed by atoms with Gasteiger partial charge in [0.2, 0.25) is 0 Å². The summed E-state index contributed by atoms with van der Waals surface area (Å²) in [6.07, 6.45) is 3.67. The number of nitrogens with zero attached hydrogens (tertiary/aromatic N) is 2. The number of aromatic nitrogens is 2. The lowest BCUT2D eigenvalue weighted by Crippen LogP contribution is -2.19. The maximum atomic E-state index is 11.4. The van der Waals surface area contributed by atoms with Crippen LogP contribution >= 0.6 is 0 Å². The molecule has 1 unspecified atom stereocenters. The number of hydrogen-bond acceptors (Lipinski definition) is 3. The summed E-state index contributed by atoms with van der Waals surface area (Å²) in [6.45, 7) is 3.10. The molecule has 0 fully saturated rings. The Balaban J connectivity index is 2.35. The van der Waals surface area contributed by atoms with Crippen LogP contribution in [0.15, 0.2) is 6.20 Å². The zero-order valence-corrected chi connectivity index (χ0v) is 8.49. The average molecular weight is 194 g/mol. The molecule has 0 amide bonds. The fourth-order valence-electron chi connectivity index (χ4n) is 1.87. The summed E-state index contributed by atoms with van der Waals surface area (Å²) in [5.41, 5.74) is 1.65. The van der Waals surface area contributed by atoms with Gasteiger partial charge in [-0.2, -0.15) is 5.10 Å². The van der Waals surface area contributed by atoms with E-state index >= 15 is 0 Å². The van der Waals surface area contributed by atoms with Crippen LogP contribution in [0, 0.1) is 5.92 Å². The molecule has 0 radical (unpaired) electrons. The molecule has 2 heterocycles. The minimum atomic E-state index is -0.277. The van der Waals surface area contributed by atoms with Gasteiger partial charge in [-0.3, -0.25) is 4.68 Å². The van der Waals surface area contributed by atoms with Crippen molar-refractivity contribution >= 4 is 5.97 Å². The first-order chi connectivity index (χ1) is 6.72. The highest BCUT2D eigenvalue weighted by atomic mass is 16.5. The smallest absolute Gasteiger partial charge is 0.341 e. The summed E-state index contributed by atoms with van der Waals surface area (Å²) >= 11 is 0. The molecule has 14 heavy (non-hydrogen) atoms. The van der Waals surface area contributed by atoms with Gasteiger partial charge in [0, 0.05) is 6.54 Å². The molecule has 0 N–H and O–H groups in total. The van der Waals surface area contributed by atoms with Crippen LogP contribution in [-0.4, -0.2) is 22.9 Å². The third-order valence-electron chi connectivity index (χ3n) is 2.73. The zero-order valence-electron chi connectivity index (χ0n) is 8.49. The second-order valence-electron chi connectivity index (χ2n) is 3.82. The largest absolute Gasteiger partial charge is 0.465 e. The van der Waals surface area contributed by atoms with E-state index in [0.29, 0.717) is 11.5 Å². The molecule has 0 aromatic carbocycles. The van der Waals surface area contributed by atoms with Crippen molar-refractivity contribution in [1.29, 1.82) is 0 Å². The number of carbonyl (C=O) groups excluding carboxylic acids is 1. The van der Waals surface area contributed by atoms with Crippen molar-refractivity contribution in [3.8, 4) is 0 Å². The number of methoxy groups -OCH3 is 1. The molecule has 1 aromatic rings. The molecule has 0 saturated carbocycles. The van der Waals surface area contributed by atoms with Gasteiger partial charge < -0.3 is 4.74 Å². The summed E-state index contributed by atoms with van der Waals surface area (Å²) in [7, 11) is 1.40. The van der Waals surface area contributed by atoms with Gasteiger partial charge >= 0.3 is 5.97 Å². The van der Waals surface area contributed by atoms with Crippen LogP contribution in [0.25, 0.3) is 0 Å². The second kappa shape index (κ2) is 3.44. The van der Waals surface area contributed by atoms with Crippen LogP contribution in [0.5, 0.6) is 0 Å². The number of aryl methyl sites for hydroxylation is 1. The van der Waals surface area contributed by atoms with Crippen molar-refractivity contribution in [3.05, 3.63) is 17.5 Å². The third kappa shape index (κ3) is 1.41. The standard InChI is InChI=1S/C10H14N2O2/c1-7-3-4-12-9(5-7)8(6-11-12)10(13)14-2/h6-7H,3-5H2,1-2H3. The SMILES string of the molecule is COC(=O)c1cnn2c1CC(C)CC2. The molecule has 1 atom stereocenters. The van der Waals surface area contributed by atoms with Crippen molar-refractivity contribution in [2.75, 3.05) is 7.11 Å². The average Bonchev–Trinajstić information content (AvgIpc) is 2.59. The molecular weight excluding hydrogens is 180 g/mol. The zero-order chi connectivity index (χ0) is 10.1. The van der Waals surface area contributed by atoms with Crippen LogP contribution in [-0.2, 0) is 17.7 Å². The fourth-order valence-corrected chi connectivity index (χ4v) is 1.87. The number of fused-ring (bicyclic) bond motifs is 1. The van der Waals surface area contributed by atoms with E-state index in [1.807, 2.05) is 4.68 Å². The molecule has 1 aliphatic rings. The van der Waals surface area contributed by atoms with Gasteiger partial charge in [0.1, 0.15) is 5.56 Å². The second-order valence-corrected chi connectivity index (χ2v) is 3.82. The van der Waals surface area contributed by atoms with Gasteiger partial charge in [0.05, 0.1) is 19.0 Å². The predicted octanol–water partition coefficient (Wildman–Crippen LogP) is 1.25. The van der Waals surface area contributed by atoms with Crippen molar-refractivity contribution in [3.63, 3.8) is 0 Å². The van der Waals surface area contributed by atoms with E-state index in [1.165, 1.54) is 7.11 Å². The van der Waals surface area contributed by atoms with E-state index in [2.05, 4.69) is 12.0 Å². The van der Waals surface area contributed by atoms with E-state index in [4.69, 9.17) is 4.74 Å². The Labute approximate surface area is 82.9 Å². The lowest BCUT2D eigenvalue weighted by molar-refractivity contribution is 0.0598. The number of esters is 1. The lowest BCUT2D eigenvalue weighted by atomic mass is 9.96. The summed E-state index contributed by atoms with van der Waals surface area (Å²) in [4.78, 5) is 11.4. The summed E-state index contributed by atoms with van der Waals surface area (Å²) in [5.74, 6) is 0.350. The molecule has 0 spiro atoms.